The number of carbonyl (C=O) groups is 1. The number of likely N-dealkylation sites (tertiary alicyclic amines) is 1. The van der Waals surface area contributed by atoms with E-state index < -0.39 is 0 Å². The number of urea groups is 1. The van der Waals surface area contributed by atoms with Crippen LogP contribution in [0.2, 0.25) is 0 Å². The first-order chi connectivity index (χ1) is 13.2. The molecule has 0 bridgehead atoms. The number of rotatable bonds is 4. The summed E-state index contributed by atoms with van der Waals surface area (Å²) in [5, 5.41) is 4.36. The summed E-state index contributed by atoms with van der Waals surface area (Å²) in [7, 11) is 0. The smallest absolute Gasteiger partial charge is 0.321 e. The van der Waals surface area contributed by atoms with Gasteiger partial charge in [0.25, 0.3) is 0 Å². The number of nitrogens with zero attached hydrogens (tertiary/aromatic N) is 2. The number of piperidine rings is 1. The van der Waals surface area contributed by atoms with Gasteiger partial charge in [-0.15, -0.1) is 11.3 Å². The second-order valence-electron chi connectivity index (χ2n) is 7.16. The van der Waals surface area contributed by atoms with Crippen LogP contribution in [0.3, 0.4) is 0 Å². The zero-order chi connectivity index (χ0) is 18.6. The molecule has 2 aromatic heterocycles. The maximum atomic E-state index is 12.4. The number of aromatic nitrogens is 1. The van der Waals surface area contributed by atoms with Crippen molar-refractivity contribution in [3.8, 4) is 0 Å². The second kappa shape index (κ2) is 8.09. The van der Waals surface area contributed by atoms with Gasteiger partial charge in [-0.1, -0.05) is 25.1 Å². The fourth-order valence-electron chi connectivity index (χ4n) is 3.94. The largest absolute Gasteiger partial charge is 0.325 e. The summed E-state index contributed by atoms with van der Waals surface area (Å²) in [6.45, 7) is 3.90. The Balaban J connectivity index is 1.36. The molecule has 3 heterocycles. The van der Waals surface area contributed by atoms with Crippen molar-refractivity contribution in [2.75, 3.05) is 18.4 Å². The van der Waals surface area contributed by atoms with Crippen molar-refractivity contribution in [2.24, 2.45) is 5.92 Å². The molecule has 4 nitrogen and oxygen atoms in total. The van der Waals surface area contributed by atoms with E-state index in [2.05, 4.69) is 41.5 Å². The highest BCUT2D eigenvalue weighted by atomic mass is 32.1. The van der Waals surface area contributed by atoms with Gasteiger partial charge in [-0.2, -0.15) is 0 Å². The molecule has 0 aliphatic carbocycles. The second-order valence-corrected chi connectivity index (χ2v) is 8.30. The van der Waals surface area contributed by atoms with Crippen LogP contribution in [0.5, 0.6) is 0 Å². The molecule has 0 radical (unpaired) electrons. The van der Waals surface area contributed by atoms with Crippen molar-refractivity contribution in [1.29, 1.82) is 0 Å². The van der Waals surface area contributed by atoms with Gasteiger partial charge in [-0.3, -0.25) is 4.98 Å². The third-order valence-electron chi connectivity index (χ3n) is 5.42. The highest BCUT2D eigenvalue weighted by Crippen LogP contribution is 2.35. The van der Waals surface area contributed by atoms with E-state index in [9.17, 15) is 4.79 Å². The summed E-state index contributed by atoms with van der Waals surface area (Å²) < 4.78 is 1.40. The summed E-state index contributed by atoms with van der Waals surface area (Å²) in [5.74, 6) is 0.658. The van der Waals surface area contributed by atoms with E-state index in [1.807, 2.05) is 28.4 Å². The standard InChI is InChI=1S/C22H25N3OS/c1-2-18-19-7-3-4-8-20(19)27-21(18)14-16-9-12-25(13-10-16)22(26)24-17-6-5-11-23-15-17/h3-8,11,15-16H,2,9-10,12-14H2,1H3,(H,24,26). The summed E-state index contributed by atoms with van der Waals surface area (Å²) in [6, 6.07) is 12.4. The molecule has 140 valence electrons. The Morgan fingerprint density at radius 2 is 2.04 bits per heavy atom. The van der Waals surface area contributed by atoms with Crippen LogP contribution >= 0.6 is 11.3 Å². The van der Waals surface area contributed by atoms with Gasteiger partial charge in [0.05, 0.1) is 11.9 Å². The molecule has 1 N–H and O–H groups in total. The van der Waals surface area contributed by atoms with Crippen molar-refractivity contribution in [1.82, 2.24) is 9.88 Å². The summed E-state index contributed by atoms with van der Waals surface area (Å²) in [6.07, 6.45) is 7.75. The molecule has 1 saturated heterocycles. The molecule has 1 aliphatic heterocycles. The molecular formula is C22H25N3OS. The highest BCUT2D eigenvalue weighted by Gasteiger charge is 2.24. The molecule has 1 fully saturated rings. The van der Waals surface area contributed by atoms with Crippen LogP contribution in [0.1, 0.15) is 30.2 Å². The Hall–Kier alpha value is -2.40. The minimum atomic E-state index is -0.0161. The fraction of sp³-hybridized carbons (Fsp3) is 0.364. The Bertz CT molecular complexity index is 914. The minimum absolute atomic E-state index is 0.0161. The average molecular weight is 380 g/mol. The van der Waals surface area contributed by atoms with Crippen LogP contribution in [0.25, 0.3) is 10.1 Å². The van der Waals surface area contributed by atoms with E-state index in [1.165, 1.54) is 20.5 Å². The van der Waals surface area contributed by atoms with E-state index >= 15 is 0 Å². The van der Waals surface area contributed by atoms with Crippen molar-refractivity contribution in [2.45, 2.75) is 32.6 Å². The number of nitrogens with one attached hydrogen (secondary N) is 1. The van der Waals surface area contributed by atoms with Gasteiger partial charge in [-0.05, 0) is 60.7 Å². The van der Waals surface area contributed by atoms with Gasteiger partial charge < -0.3 is 10.2 Å². The van der Waals surface area contributed by atoms with Crippen molar-refractivity contribution in [3.63, 3.8) is 0 Å². The van der Waals surface area contributed by atoms with Gasteiger partial charge in [-0.25, -0.2) is 4.79 Å². The number of hydrogen-bond donors (Lipinski definition) is 1. The Labute approximate surface area is 164 Å². The van der Waals surface area contributed by atoms with Crippen LogP contribution in [0.4, 0.5) is 10.5 Å². The highest BCUT2D eigenvalue weighted by molar-refractivity contribution is 7.19. The minimum Gasteiger partial charge on any atom is -0.325 e. The lowest BCUT2D eigenvalue weighted by molar-refractivity contribution is 0.182. The molecule has 1 aliphatic rings. The number of anilines is 1. The first-order valence-corrected chi connectivity index (χ1v) is 10.5. The number of carbonyl (C=O) groups excluding carboxylic acids is 1. The number of amides is 2. The molecule has 1 aromatic carbocycles. The Morgan fingerprint density at radius 1 is 1.22 bits per heavy atom. The van der Waals surface area contributed by atoms with Crippen LogP contribution in [0, 0.1) is 5.92 Å². The number of benzene rings is 1. The van der Waals surface area contributed by atoms with Crippen LogP contribution in [0.15, 0.2) is 48.8 Å². The average Bonchev–Trinajstić information content (AvgIpc) is 3.06. The summed E-state index contributed by atoms with van der Waals surface area (Å²) in [5.41, 5.74) is 2.27. The van der Waals surface area contributed by atoms with Gasteiger partial charge in [0.15, 0.2) is 0 Å². The SMILES string of the molecule is CCc1c(CC2CCN(C(=O)Nc3cccnc3)CC2)sc2ccccc12. The van der Waals surface area contributed by atoms with Crippen molar-refractivity contribution < 1.29 is 4.79 Å². The molecule has 0 unspecified atom stereocenters. The number of pyridine rings is 1. The molecule has 0 spiro atoms. The molecule has 27 heavy (non-hydrogen) atoms. The molecule has 3 aromatic rings. The quantitative estimate of drug-likeness (QED) is 0.664. The maximum Gasteiger partial charge on any atom is 0.321 e. The molecule has 0 saturated carbocycles. The summed E-state index contributed by atoms with van der Waals surface area (Å²) >= 11 is 1.95. The van der Waals surface area contributed by atoms with Gasteiger partial charge in [0.2, 0.25) is 0 Å². The number of thiophene rings is 1. The van der Waals surface area contributed by atoms with Gasteiger partial charge in [0, 0.05) is 28.9 Å². The molecule has 2 amide bonds. The van der Waals surface area contributed by atoms with Crippen LogP contribution in [-0.4, -0.2) is 29.0 Å². The Morgan fingerprint density at radius 3 is 2.78 bits per heavy atom. The van der Waals surface area contributed by atoms with Gasteiger partial charge >= 0.3 is 6.03 Å². The van der Waals surface area contributed by atoms with E-state index in [-0.39, 0.29) is 6.03 Å². The lowest BCUT2D eigenvalue weighted by Gasteiger charge is -2.32. The normalized spacial score (nSPS) is 15.2. The third kappa shape index (κ3) is 3.98. The first kappa shape index (κ1) is 18.0. The number of fused-ring (bicyclic) bond motifs is 1. The predicted molar refractivity (Wildman–Crippen MR) is 112 cm³/mol. The predicted octanol–water partition coefficient (Wildman–Crippen LogP) is 5.35. The fourth-order valence-corrected chi connectivity index (χ4v) is 5.35. The lowest BCUT2D eigenvalue weighted by atomic mass is 9.91. The van der Waals surface area contributed by atoms with E-state index in [0.29, 0.717) is 5.92 Å². The van der Waals surface area contributed by atoms with E-state index in [4.69, 9.17) is 0 Å². The first-order valence-electron chi connectivity index (χ1n) is 9.70. The molecule has 0 atom stereocenters. The molecule has 4 rings (SSSR count). The topological polar surface area (TPSA) is 45.2 Å². The third-order valence-corrected chi connectivity index (χ3v) is 6.66. The molecular weight excluding hydrogens is 354 g/mol. The van der Waals surface area contributed by atoms with Crippen molar-refractivity contribution >= 4 is 33.1 Å². The Kier molecular flexibility index (Phi) is 5.39. The maximum absolute atomic E-state index is 12.4. The monoisotopic (exact) mass is 379 g/mol. The molecule has 5 heteroatoms. The van der Waals surface area contributed by atoms with Crippen LogP contribution < -0.4 is 5.32 Å². The lowest BCUT2D eigenvalue weighted by Crippen LogP contribution is -2.41. The zero-order valence-electron chi connectivity index (χ0n) is 15.6. The van der Waals surface area contributed by atoms with Crippen molar-refractivity contribution in [3.05, 3.63) is 59.2 Å². The van der Waals surface area contributed by atoms with E-state index in [0.717, 1.165) is 44.5 Å². The summed E-state index contributed by atoms with van der Waals surface area (Å²) in [4.78, 5) is 19.9. The van der Waals surface area contributed by atoms with Crippen LogP contribution in [-0.2, 0) is 12.8 Å². The zero-order valence-corrected chi connectivity index (χ0v) is 16.5. The van der Waals surface area contributed by atoms with E-state index in [1.54, 1.807) is 12.4 Å². The van der Waals surface area contributed by atoms with Gasteiger partial charge in [0.1, 0.15) is 0 Å². The number of aryl methyl sites for hydroxylation is 1. The number of hydrogen-bond acceptors (Lipinski definition) is 3.